The second-order valence-corrected chi connectivity index (χ2v) is 8.01. The van der Waals surface area contributed by atoms with Crippen LogP contribution in [0.5, 0.6) is 0 Å². The van der Waals surface area contributed by atoms with Gasteiger partial charge in [0.15, 0.2) is 0 Å². The largest absolute Gasteiger partial charge is 0.389 e. The molecule has 5 heteroatoms. The van der Waals surface area contributed by atoms with Crippen molar-refractivity contribution in [2.24, 2.45) is 0 Å². The number of thioether (sulfide) groups is 1. The third-order valence-electron chi connectivity index (χ3n) is 3.67. The summed E-state index contributed by atoms with van der Waals surface area (Å²) in [5.74, 6) is 0.799. The van der Waals surface area contributed by atoms with Crippen LogP contribution in [0.3, 0.4) is 0 Å². The Balaban J connectivity index is 1.92. The van der Waals surface area contributed by atoms with Gasteiger partial charge in [-0.1, -0.05) is 48.3 Å². The predicted octanol–water partition coefficient (Wildman–Crippen LogP) is 5.19. The summed E-state index contributed by atoms with van der Waals surface area (Å²) in [6, 6.07) is 13.9. The van der Waals surface area contributed by atoms with Crippen LogP contribution in [0.4, 0.5) is 0 Å². The van der Waals surface area contributed by atoms with Crippen molar-refractivity contribution in [3.63, 3.8) is 0 Å². The summed E-state index contributed by atoms with van der Waals surface area (Å²) < 4.78 is 0. The smallest absolute Gasteiger partial charge is 0.0783 e. The van der Waals surface area contributed by atoms with Gasteiger partial charge in [0.05, 0.1) is 5.60 Å². The Morgan fingerprint density at radius 2 is 1.83 bits per heavy atom. The fraction of sp³-hybridized carbons (Fsp3) is 0.368. The fourth-order valence-electron chi connectivity index (χ4n) is 2.40. The summed E-state index contributed by atoms with van der Waals surface area (Å²) in [7, 11) is 0. The zero-order chi connectivity index (χ0) is 17.6. The molecule has 0 saturated carbocycles. The van der Waals surface area contributed by atoms with Gasteiger partial charge < -0.3 is 10.4 Å². The predicted molar refractivity (Wildman–Crippen MR) is 105 cm³/mol. The number of hydrogen-bond donors (Lipinski definition) is 2. The highest BCUT2D eigenvalue weighted by molar-refractivity contribution is 7.98. The molecule has 0 bridgehead atoms. The van der Waals surface area contributed by atoms with Crippen molar-refractivity contribution < 1.29 is 5.11 Å². The number of nitrogens with one attached hydrogen (secondary N) is 1. The van der Waals surface area contributed by atoms with E-state index in [4.69, 9.17) is 23.2 Å². The van der Waals surface area contributed by atoms with Crippen LogP contribution in [0.2, 0.25) is 10.0 Å². The summed E-state index contributed by atoms with van der Waals surface area (Å²) in [6.45, 7) is 5.35. The zero-order valence-corrected chi connectivity index (χ0v) is 16.3. The minimum atomic E-state index is -0.735. The van der Waals surface area contributed by atoms with Crippen LogP contribution in [0, 0.1) is 0 Å². The van der Waals surface area contributed by atoms with Crippen molar-refractivity contribution in [3.8, 4) is 0 Å². The molecule has 130 valence electrons. The topological polar surface area (TPSA) is 32.3 Å². The van der Waals surface area contributed by atoms with E-state index in [9.17, 15) is 5.11 Å². The molecular weight excluding hydrogens is 361 g/mol. The first kappa shape index (κ1) is 19.6. The molecule has 2 aromatic rings. The van der Waals surface area contributed by atoms with Crippen molar-refractivity contribution in [2.45, 2.75) is 36.5 Å². The molecule has 0 aliphatic carbocycles. The molecule has 1 atom stereocenters. The second kappa shape index (κ2) is 9.12. The van der Waals surface area contributed by atoms with E-state index in [1.165, 1.54) is 4.90 Å². The molecule has 0 radical (unpaired) electrons. The maximum absolute atomic E-state index is 10.4. The molecule has 0 amide bonds. The van der Waals surface area contributed by atoms with E-state index in [-0.39, 0.29) is 0 Å². The molecule has 2 N–H and O–H groups in total. The monoisotopic (exact) mass is 383 g/mol. The van der Waals surface area contributed by atoms with Crippen LogP contribution in [-0.4, -0.2) is 23.8 Å². The summed E-state index contributed by atoms with van der Waals surface area (Å²) in [5.41, 5.74) is 1.47. The van der Waals surface area contributed by atoms with Crippen molar-refractivity contribution in [2.75, 3.05) is 13.1 Å². The van der Waals surface area contributed by atoms with Gasteiger partial charge in [-0.05, 0) is 48.9 Å². The van der Waals surface area contributed by atoms with Gasteiger partial charge in [0, 0.05) is 33.7 Å². The summed E-state index contributed by atoms with van der Waals surface area (Å²) in [6.07, 6.45) is 0.633. The van der Waals surface area contributed by atoms with Crippen molar-refractivity contribution >= 4 is 35.0 Å². The maximum atomic E-state index is 10.4. The van der Waals surface area contributed by atoms with Gasteiger partial charge >= 0.3 is 0 Å². The van der Waals surface area contributed by atoms with Crippen LogP contribution in [-0.2, 0) is 12.2 Å². The Bertz CT molecular complexity index is 659. The van der Waals surface area contributed by atoms with E-state index in [1.54, 1.807) is 17.8 Å². The average Bonchev–Trinajstić information content (AvgIpc) is 2.53. The Labute approximate surface area is 158 Å². The Hall–Kier alpha value is -0.710. The normalized spacial score (nSPS) is 13.7. The molecule has 0 aliphatic rings. The van der Waals surface area contributed by atoms with E-state index in [0.29, 0.717) is 23.0 Å². The lowest BCUT2D eigenvalue weighted by Gasteiger charge is -2.23. The van der Waals surface area contributed by atoms with Crippen molar-refractivity contribution in [1.82, 2.24) is 5.32 Å². The molecule has 0 fully saturated rings. The highest BCUT2D eigenvalue weighted by Crippen LogP contribution is 2.29. The molecule has 2 aromatic carbocycles. The van der Waals surface area contributed by atoms with E-state index in [0.717, 1.165) is 23.4 Å². The van der Waals surface area contributed by atoms with Crippen LogP contribution in [0.1, 0.15) is 25.0 Å². The number of benzene rings is 2. The van der Waals surface area contributed by atoms with E-state index in [2.05, 4.69) is 29.6 Å². The van der Waals surface area contributed by atoms with E-state index < -0.39 is 5.60 Å². The molecule has 0 heterocycles. The lowest BCUT2D eigenvalue weighted by atomic mass is 9.96. The first-order valence-corrected chi connectivity index (χ1v) is 9.72. The number of rotatable bonds is 8. The molecular formula is C19H23Cl2NOS. The minimum Gasteiger partial charge on any atom is -0.389 e. The molecule has 2 rings (SSSR count). The molecule has 24 heavy (non-hydrogen) atoms. The maximum Gasteiger partial charge on any atom is 0.0783 e. The standard InChI is InChI=1S/C19H23Cl2NOS/c1-3-22-13-19(2,23)11-14-4-8-17(9-5-14)24-12-15-6-7-16(20)10-18(15)21/h4-10,22-23H,3,11-13H2,1-2H3. The molecule has 0 spiro atoms. The van der Waals surface area contributed by atoms with Gasteiger partial charge in [-0.15, -0.1) is 11.8 Å². The summed E-state index contributed by atoms with van der Waals surface area (Å²) in [4.78, 5) is 1.18. The molecule has 0 saturated heterocycles. The van der Waals surface area contributed by atoms with Gasteiger partial charge in [-0.3, -0.25) is 0 Å². The van der Waals surface area contributed by atoms with E-state index >= 15 is 0 Å². The summed E-state index contributed by atoms with van der Waals surface area (Å²) in [5, 5.41) is 14.9. The fourth-order valence-corrected chi connectivity index (χ4v) is 3.86. The molecule has 1 unspecified atom stereocenters. The Morgan fingerprint density at radius 1 is 1.12 bits per heavy atom. The van der Waals surface area contributed by atoms with Gasteiger partial charge in [-0.25, -0.2) is 0 Å². The minimum absolute atomic E-state index is 0.592. The Morgan fingerprint density at radius 3 is 2.46 bits per heavy atom. The lowest BCUT2D eigenvalue weighted by Crippen LogP contribution is -2.39. The first-order valence-electron chi connectivity index (χ1n) is 7.98. The zero-order valence-electron chi connectivity index (χ0n) is 14.0. The van der Waals surface area contributed by atoms with Gasteiger partial charge in [0.25, 0.3) is 0 Å². The molecule has 0 aliphatic heterocycles. The number of halogens is 2. The number of likely N-dealkylation sites (N-methyl/N-ethyl adjacent to an activating group) is 1. The third-order valence-corrected chi connectivity index (χ3v) is 5.32. The second-order valence-electron chi connectivity index (χ2n) is 6.12. The van der Waals surface area contributed by atoms with Crippen LogP contribution in [0.25, 0.3) is 0 Å². The Kier molecular flexibility index (Phi) is 7.45. The number of aliphatic hydroxyl groups is 1. The lowest BCUT2D eigenvalue weighted by molar-refractivity contribution is 0.0607. The van der Waals surface area contributed by atoms with Gasteiger partial charge in [-0.2, -0.15) is 0 Å². The summed E-state index contributed by atoms with van der Waals surface area (Å²) >= 11 is 13.9. The highest BCUT2D eigenvalue weighted by Gasteiger charge is 2.20. The van der Waals surface area contributed by atoms with Gasteiger partial charge in [0.2, 0.25) is 0 Å². The average molecular weight is 384 g/mol. The molecule has 2 nitrogen and oxygen atoms in total. The van der Waals surface area contributed by atoms with Gasteiger partial charge in [0.1, 0.15) is 0 Å². The third kappa shape index (κ3) is 6.30. The van der Waals surface area contributed by atoms with Crippen molar-refractivity contribution in [1.29, 1.82) is 0 Å². The molecule has 0 aromatic heterocycles. The van der Waals surface area contributed by atoms with Crippen LogP contribution in [0.15, 0.2) is 47.4 Å². The highest BCUT2D eigenvalue weighted by atomic mass is 35.5. The van der Waals surface area contributed by atoms with Crippen LogP contribution < -0.4 is 5.32 Å². The number of hydrogen-bond acceptors (Lipinski definition) is 3. The van der Waals surface area contributed by atoms with Crippen molar-refractivity contribution in [3.05, 3.63) is 63.6 Å². The SMILES string of the molecule is CCNCC(C)(O)Cc1ccc(SCc2ccc(Cl)cc2Cl)cc1. The quantitative estimate of drug-likeness (QED) is 0.615. The van der Waals surface area contributed by atoms with Crippen LogP contribution >= 0.6 is 35.0 Å². The first-order chi connectivity index (χ1) is 11.4. The van der Waals surface area contributed by atoms with E-state index in [1.807, 2.05) is 26.0 Å².